The summed E-state index contributed by atoms with van der Waals surface area (Å²) in [5.41, 5.74) is 2.36. The average molecular weight is 422 g/mol. The van der Waals surface area contributed by atoms with Gasteiger partial charge in [0.25, 0.3) is 5.56 Å². The molecule has 164 valence electrons. The molecule has 31 heavy (non-hydrogen) atoms. The van der Waals surface area contributed by atoms with Gasteiger partial charge in [-0.25, -0.2) is 9.37 Å². The summed E-state index contributed by atoms with van der Waals surface area (Å²) in [5, 5.41) is 0.620. The van der Waals surface area contributed by atoms with E-state index in [1.165, 1.54) is 12.1 Å². The molecule has 1 atom stereocenters. The van der Waals surface area contributed by atoms with Crippen molar-refractivity contribution >= 4 is 10.9 Å². The molecule has 5 heteroatoms. The van der Waals surface area contributed by atoms with Gasteiger partial charge in [-0.3, -0.25) is 9.36 Å². The predicted octanol–water partition coefficient (Wildman–Crippen LogP) is 5.45. The molecule has 2 heterocycles. The fraction of sp³-hybridized carbons (Fsp3) is 0.462. The molecular weight excluding hydrogens is 389 g/mol. The Morgan fingerprint density at radius 2 is 1.84 bits per heavy atom. The van der Waals surface area contributed by atoms with E-state index < -0.39 is 0 Å². The molecule has 1 unspecified atom stereocenters. The standard InChI is InChI=1S/C26H32FN3O/c1-17(2)25-28-23-9-5-8-22(20-10-12-21(27)13-11-20)24(23)26(31)30(25)16-19-7-6-14-29(15-19)18(3)4/h5,8-13,17-19H,6-7,14-16H2,1-4H3. The lowest BCUT2D eigenvalue weighted by Crippen LogP contribution is -2.42. The van der Waals surface area contributed by atoms with Gasteiger partial charge in [0.2, 0.25) is 0 Å². The first kappa shape index (κ1) is 21.7. The van der Waals surface area contributed by atoms with Crippen molar-refractivity contribution in [1.29, 1.82) is 0 Å². The summed E-state index contributed by atoms with van der Waals surface area (Å²) in [6.45, 7) is 11.5. The zero-order chi connectivity index (χ0) is 22.1. The van der Waals surface area contributed by atoms with Gasteiger partial charge in [0.05, 0.1) is 10.9 Å². The van der Waals surface area contributed by atoms with Crippen LogP contribution in [0.5, 0.6) is 0 Å². The number of rotatable bonds is 5. The zero-order valence-corrected chi connectivity index (χ0v) is 18.9. The Morgan fingerprint density at radius 3 is 2.52 bits per heavy atom. The Labute approximate surface area is 183 Å². The smallest absolute Gasteiger partial charge is 0.262 e. The second kappa shape index (κ2) is 8.91. The molecule has 4 nitrogen and oxygen atoms in total. The lowest BCUT2D eigenvalue weighted by molar-refractivity contribution is 0.129. The summed E-state index contributed by atoms with van der Waals surface area (Å²) in [6, 6.07) is 12.6. The van der Waals surface area contributed by atoms with Crippen molar-refractivity contribution in [2.75, 3.05) is 13.1 Å². The number of hydrogen-bond acceptors (Lipinski definition) is 3. The van der Waals surface area contributed by atoms with E-state index in [0.29, 0.717) is 29.4 Å². The Bertz CT molecular complexity index is 1120. The highest BCUT2D eigenvalue weighted by Crippen LogP contribution is 2.28. The van der Waals surface area contributed by atoms with Crippen molar-refractivity contribution in [2.24, 2.45) is 5.92 Å². The molecule has 0 saturated carbocycles. The van der Waals surface area contributed by atoms with Crippen molar-refractivity contribution in [1.82, 2.24) is 14.5 Å². The highest BCUT2D eigenvalue weighted by atomic mass is 19.1. The molecule has 0 bridgehead atoms. The monoisotopic (exact) mass is 421 g/mol. The first-order valence-electron chi connectivity index (χ1n) is 11.4. The number of aromatic nitrogens is 2. The summed E-state index contributed by atoms with van der Waals surface area (Å²) in [6.07, 6.45) is 2.29. The van der Waals surface area contributed by atoms with Crippen molar-refractivity contribution < 1.29 is 4.39 Å². The van der Waals surface area contributed by atoms with E-state index in [-0.39, 0.29) is 17.3 Å². The topological polar surface area (TPSA) is 38.1 Å². The minimum atomic E-state index is -0.284. The number of hydrogen-bond donors (Lipinski definition) is 0. The molecule has 1 fully saturated rings. The van der Waals surface area contributed by atoms with Crippen LogP contribution in [0.2, 0.25) is 0 Å². The highest BCUT2D eigenvalue weighted by Gasteiger charge is 2.25. The van der Waals surface area contributed by atoms with Crippen LogP contribution in [0.4, 0.5) is 4.39 Å². The first-order chi connectivity index (χ1) is 14.8. The summed E-state index contributed by atoms with van der Waals surface area (Å²) in [5.74, 6) is 1.14. The minimum Gasteiger partial charge on any atom is -0.301 e. The van der Waals surface area contributed by atoms with Crippen LogP contribution < -0.4 is 5.56 Å². The van der Waals surface area contributed by atoms with E-state index in [1.807, 2.05) is 22.8 Å². The third kappa shape index (κ3) is 4.42. The van der Waals surface area contributed by atoms with Gasteiger partial charge in [0, 0.05) is 25.0 Å². The van der Waals surface area contributed by atoms with Crippen molar-refractivity contribution in [3.05, 3.63) is 64.5 Å². The Kier molecular flexibility index (Phi) is 6.24. The Hall–Kier alpha value is -2.53. The van der Waals surface area contributed by atoms with Gasteiger partial charge < -0.3 is 4.90 Å². The second-order valence-corrected chi connectivity index (χ2v) is 9.34. The van der Waals surface area contributed by atoms with Crippen LogP contribution in [-0.4, -0.2) is 33.6 Å². The molecule has 2 aromatic carbocycles. The molecule has 3 aromatic rings. The van der Waals surface area contributed by atoms with Gasteiger partial charge >= 0.3 is 0 Å². The van der Waals surface area contributed by atoms with Crippen LogP contribution in [-0.2, 0) is 6.54 Å². The maximum absolute atomic E-state index is 13.8. The van der Waals surface area contributed by atoms with Crippen LogP contribution in [0.3, 0.4) is 0 Å². The maximum Gasteiger partial charge on any atom is 0.262 e. The predicted molar refractivity (Wildman–Crippen MR) is 125 cm³/mol. The quantitative estimate of drug-likeness (QED) is 0.550. The highest BCUT2D eigenvalue weighted by molar-refractivity contribution is 5.94. The van der Waals surface area contributed by atoms with Crippen LogP contribution in [0.15, 0.2) is 47.3 Å². The number of benzene rings is 2. The largest absolute Gasteiger partial charge is 0.301 e. The molecular formula is C26H32FN3O. The first-order valence-corrected chi connectivity index (χ1v) is 11.4. The Balaban J connectivity index is 1.83. The van der Waals surface area contributed by atoms with E-state index in [1.54, 1.807) is 12.1 Å². The van der Waals surface area contributed by atoms with Gasteiger partial charge in [-0.15, -0.1) is 0 Å². The molecule has 1 aliphatic heterocycles. The summed E-state index contributed by atoms with van der Waals surface area (Å²) < 4.78 is 15.4. The number of halogens is 1. The number of likely N-dealkylation sites (tertiary alicyclic amines) is 1. The van der Waals surface area contributed by atoms with Crippen LogP contribution in [0.25, 0.3) is 22.0 Å². The molecule has 0 radical (unpaired) electrons. The molecule has 1 saturated heterocycles. The van der Waals surface area contributed by atoms with Crippen molar-refractivity contribution in [2.45, 2.75) is 59.0 Å². The minimum absolute atomic E-state index is 0.00953. The third-order valence-electron chi connectivity index (χ3n) is 6.41. The van der Waals surface area contributed by atoms with Crippen LogP contribution in [0.1, 0.15) is 52.3 Å². The number of piperidine rings is 1. The van der Waals surface area contributed by atoms with E-state index in [2.05, 4.69) is 32.6 Å². The second-order valence-electron chi connectivity index (χ2n) is 9.34. The molecule has 4 rings (SSSR count). The van der Waals surface area contributed by atoms with Gasteiger partial charge in [0.1, 0.15) is 11.6 Å². The van der Waals surface area contributed by atoms with Gasteiger partial charge in [-0.2, -0.15) is 0 Å². The molecule has 0 aliphatic carbocycles. The van der Waals surface area contributed by atoms with E-state index >= 15 is 0 Å². The lowest BCUT2D eigenvalue weighted by Gasteiger charge is -2.36. The normalized spacial score (nSPS) is 17.7. The SMILES string of the molecule is CC(C)c1nc2cccc(-c3ccc(F)cc3)c2c(=O)n1CC1CCCN(C(C)C)C1. The molecule has 0 N–H and O–H groups in total. The maximum atomic E-state index is 13.8. The zero-order valence-electron chi connectivity index (χ0n) is 18.9. The summed E-state index contributed by atoms with van der Waals surface area (Å²) in [7, 11) is 0. The van der Waals surface area contributed by atoms with Gasteiger partial charge in [-0.1, -0.05) is 38.1 Å². The fourth-order valence-corrected chi connectivity index (χ4v) is 4.74. The van der Waals surface area contributed by atoms with Gasteiger partial charge in [0.15, 0.2) is 0 Å². The summed E-state index contributed by atoms with van der Waals surface area (Å²) >= 11 is 0. The van der Waals surface area contributed by atoms with Crippen molar-refractivity contribution in [3.8, 4) is 11.1 Å². The Morgan fingerprint density at radius 1 is 1.10 bits per heavy atom. The summed E-state index contributed by atoms with van der Waals surface area (Å²) in [4.78, 5) is 21.3. The van der Waals surface area contributed by atoms with Crippen LogP contribution in [0, 0.1) is 11.7 Å². The average Bonchev–Trinajstić information content (AvgIpc) is 2.75. The van der Waals surface area contributed by atoms with Crippen LogP contribution >= 0.6 is 0 Å². The fourth-order valence-electron chi connectivity index (χ4n) is 4.74. The van der Waals surface area contributed by atoms with Gasteiger partial charge in [-0.05, 0) is 68.5 Å². The number of fused-ring (bicyclic) bond motifs is 1. The van der Waals surface area contributed by atoms with E-state index in [4.69, 9.17) is 4.98 Å². The molecule has 0 amide bonds. The number of nitrogens with zero attached hydrogens (tertiary/aromatic N) is 3. The third-order valence-corrected chi connectivity index (χ3v) is 6.41. The molecule has 1 aromatic heterocycles. The lowest BCUT2D eigenvalue weighted by atomic mass is 9.96. The van der Waals surface area contributed by atoms with E-state index in [0.717, 1.165) is 42.9 Å². The molecule has 0 spiro atoms. The van der Waals surface area contributed by atoms with Crippen molar-refractivity contribution in [3.63, 3.8) is 0 Å². The van der Waals surface area contributed by atoms with E-state index in [9.17, 15) is 9.18 Å². The molecule has 1 aliphatic rings.